The molecule has 2 heterocycles. The molecule has 0 saturated carbocycles. The first kappa shape index (κ1) is 18.7. The van der Waals surface area contributed by atoms with Crippen LogP contribution in [0.2, 0.25) is 0 Å². The summed E-state index contributed by atoms with van der Waals surface area (Å²) in [5, 5.41) is 3.54. The molecule has 0 unspecified atom stereocenters. The Hall–Kier alpha value is -2.60. The summed E-state index contributed by atoms with van der Waals surface area (Å²) in [7, 11) is 0. The maximum atomic E-state index is 12.9. The summed E-state index contributed by atoms with van der Waals surface area (Å²) in [5.74, 6) is 0.748. The minimum atomic E-state index is -0.357. The van der Waals surface area contributed by atoms with Gasteiger partial charge in [-0.05, 0) is 49.8 Å². The first-order valence-electron chi connectivity index (χ1n) is 9.62. The first-order valence-corrected chi connectivity index (χ1v) is 10.4. The zero-order valence-corrected chi connectivity index (χ0v) is 16.9. The molecule has 1 aliphatic heterocycles. The lowest BCUT2D eigenvalue weighted by Gasteiger charge is -2.18. The number of carbonyl (C=O) groups is 2. The van der Waals surface area contributed by atoms with Crippen LogP contribution in [0.3, 0.4) is 0 Å². The molecule has 0 bridgehead atoms. The summed E-state index contributed by atoms with van der Waals surface area (Å²) in [6.07, 6.45) is 4.66. The van der Waals surface area contributed by atoms with Crippen molar-refractivity contribution in [2.45, 2.75) is 33.1 Å². The van der Waals surface area contributed by atoms with Crippen LogP contribution in [0, 0.1) is 5.92 Å². The Bertz CT molecular complexity index is 959. The Kier molecular flexibility index (Phi) is 5.22. The number of carbonyl (C=O) groups excluding carboxylic acids is 2. The lowest BCUT2D eigenvalue weighted by molar-refractivity contribution is -0.113. The number of thiophene rings is 1. The molecule has 4 rings (SSSR count). The van der Waals surface area contributed by atoms with E-state index in [1.54, 1.807) is 6.92 Å². The number of para-hydroxylation sites is 1. The molecule has 2 aromatic rings. The number of anilines is 1. The Labute approximate surface area is 168 Å². The fourth-order valence-corrected chi connectivity index (χ4v) is 5.08. The summed E-state index contributed by atoms with van der Waals surface area (Å²) in [4.78, 5) is 26.7. The van der Waals surface area contributed by atoms with E-state index in [1.165, 1.54) is 16.2 Å². The molecule has 2 aliphatic rings. The quantitative estimate of drug-likeness (QED) is 0.774. The maximum Gasteiger partial charge on any atom is 0.341 e. The number of nitrogens with one attached hydrogen (secondary N) is 1. The normalized spacial score (nSPS) is 17.6. The molecular weight excluding hydrogens is 374 g/mol. The van der Waals surface area contributed by atoms with Crippen LogP contribution in [0.5, 0.6) is 5.75 Å². The van der Waals surface area contributed by atoms with Crippen molar-refractivity contribution in [1.29, 1.82) is 0 Å². The highest BCUT2D eigenvalue weighted by Crippen LogP contribution is 2.40. The van der Waals surface area contributed by atoms with E-state index in [0.717, 1.165) is 36.1 Å². The number of esters is 1. The lowest BCUT2D eigenvalue weighted by Crippen LogP contribution is -2.22. The topological polar surface area (TPSA) is 64.6 Å². The van der Waals surface area contributed by atoms with Gasteiger partial charge in [0.2, 0.25) is 0 Å². The second kappa shape index (κ2) is 7.80. The number of hydrogen-bond acceptors (Lipinski definition) is 5. The highest BCUT2D eigenvalue weighted by atomic mass is 32.1. The fraction of sp³-hybridized carbons (Fsp3) is 0.364. The van der Waals surface area contributed by atoms with Gasteiger partial charge < -0.3 is 14.8 Å². The van der Waals surface area contributed by atoms with E-state index in [0.29, 0.717) is 28.7 Å². The Morgan fingerprint density at radius 2 is 2.14 bits per heavy atom. The fourth-order valence-electron chi connectivity index (χ4n) is 3.69. The molecule has 0 fully saturated rings. The molecule has 1 aromatic heterocycles. The molecule has 5 nitrogen and oxygen atoms in total. The van der Waals surface area contributed by atoms with Gasteiger partial charge >= 0.3 is 5.97 Å². The predicted octanol–water partition coefficient (Wildman–Crippen LogP) is 4.46. The lowest BCUT2D eigenvalue weighted by atomic mass is 9.88. The standard InChI is InChI=1S/C22H23NO4S/c1-3-26-22(25)19-16-9-8-13(2)10-18(16)28-21(19)23-20(24)15-11-14-6-4-5-7-17(14)27-12-15/h4-7,11,13H,3,8-10,12H2,1-2H3,(H,23,24)/t13-/m0/s1. The Morgan fingerprint density at radius 3 is 2.96 bits per heavy atom. The van der Waals surface area contributed by atoms with Crippen molar-refractivity contribution in [3.05, 3.63) is 51.4 Å². The van der Waals surface area contributed by atoms with Crippen LogP contribution < -0.4 is 10.1 Å². The first-order chi connectivity index (χ1) is 13.6. The van der Waals surface area contributed by atoms with Crippen molar-refractivity contribution in [2.75, 3.05) is 18.5 Å². The third-order valence-electron chi connectivity index (χ3n) is 5.14. The number of ether oxygens (including phenoxy) is 2. The van der Waals surface area contributed by atoms with Crippen LogP contribution in [0.25, 0.3) is 6.08 Å². The molecule has 0 radical (unpaired) electrons. The van der Waals surface area contributed by atoms with Gasteiger partial charge in [-0.25, -0.2) is 4.79 Å². The molecule has 0 spiro atoms. The van der Waals surface area contributed by atoms with Crippen molar-refractivity contribution in [3.63, 3.8) is 0 Å². The molecule has 1 aliphatic carbocycles. The molecule has 28 heavy (non-hydrogen) atoms. The van der Waals surface area contributed by atoms with E-state index in [9.17, 15) is 9.59 Å². The van der Waals surface area contributed by atoms with Crippen LogP contribution in [0.4, 0.5) is 5.00 Å². The number of benzene rings is 1. The van der Waals surface area contributed by atoms with Gasteiger partial charge in [0.1, 0.15) is 17.4 Å². The zero-order chi connectivity index (χ0) is 19.7. The number of amides is 1. The van der Waals surface area contributed by atoms with E-state index >= 15 is 0 Å². The Balaban J connectivity index is 1.63. The molecule has 146 valence electrons. The van der Waals surface area contributed by atoms with Gasteiger partial charge in [0.25, 0.3) is 5.91 Å². The van der Waals surface area contributed by atoms with Crippen molar-refractivity contribution in [2.24, 2.45) is 5.92 Å². The van der Waals surface area contributed by atoms with E-state index in [1.807, 2.05) is 30.3 Å². The smallest absolute Gasteiger partial charge is 0.341 e. The van der Waals surface area contributed by atoms with Crippen molar-refractivity contribution in [3.8, 4) is 5.75 Å². The summed E-state index contributed by atoms with van der Waals surface area (Å²) < 4.78 is 11.0. The van der Waals surface area contributed by atoms with Crippen LogP contribution in [0.15, 0.2) is 29.8 Å². The van der Waals surface area contributed by atoms with E-state index in [4.69, 9.17) is 9.47 Å². The van der Waals surface area contributed by atoms with Crippen molar-refractivity contribution < 1.29 is 19.1 Å². The van der Waals surface area contributed by atoms with Crippen LogP contribution >= 0.6 is 11.3 Å². The van der Waals surface area contributed by atoms with Gasteiger partial charge in [-0.2, -0.15) is 0 Å². The minimum Gasteiger partial charge on any atom is -0.488 e. The molecular formula is C22H23NO4S. The number of fused-ring (bicyclic) bond motifs is 2. The summed E-state index contributed by atoms with van der Waals surface area (Å²) >= 11 is 1.50. The second-order valence-corrected chi connectivity index (χ2v) is 8.33. The largest absolute Gasteiger partial charge is 0.488 e. The molecule has 1 aromatic carbocycles. The predicted molar refractivity (Wildman–Crippen MR) is 110 cm³/mol. The highest BCUT2D eigenvalue weighted by Gasteiger charge is 2.30. The molecule has 6 heteroatoms. The number of hydrogen-bond donors (Lipinski definition) is 1. The van der Waals surface area contributed by atoms with Crippen LogP contribution in [-0.4, -0.2) is 25.1 Å². The summed E-state index contributed by atoms with van der Waals surface area (Å²) in [5.41, 5.74) is 2.98. The summed E-state index contributed by atoms with van der Waals surface area (Å²) in [6.45, 7) is 4.52. The molecule has 0 saturated heterocycles. The zero-order valence-electron chi connectivity index (χ0n) is 16.0. The van der Waals surface area contributed by atoms with Gasteiger partial charge in [-0.3, -0.25) is 4.79 Å². The monoisotopic (exact) mass is 397 g/mol. The van der Waals surface area contributed by atoms with Gasteiger partial charge in [0.05, 0.1) is 17.7 Å². The third kappa shape index (κ3) is 3.56. The van der Waals surface area contributed by atoms with Crippen LogP contribution in [0.1, 0.15) is 46.6 Å². The Morgan fingerprint density at radius 1 is 1.32 bits per heavy atom. The third-order valence-corrected chi connectivity index (χ3v) is 6.31. The number of rotatable bonds is 4. The molecule has 1 atom stereocenters. The average molecular weight is 397 g/mol. The van der Waals surface area contributed by atoms with Gasteiger partial charge in [0, 0.05) is 10.4 Å². The van der Waals surface area contributed by atoms with E-state index in [2.05, 4.69) is 12.2 Å². The SMILES string of the molecule is CCOC(=O)c1c(NC(=O)C2=Cc3ccccc3OC2)sc2c1CC[C@H](C)C2. The second-order valence-electron chi connectivity index (χ2n) is 7.23. The molecule has 1 amide bonds. The average Bonchev–Trinajstić information content (AvgIpc) is 3.04. The molecule has 1 N–H and O–H groups in total. The van der Waals surface area contributed by atoms with Crippen molar-refractivity contribution >= 4 is 34.3 Å². The van der Waals surface area contributed by atoms with Gasteiger partial charge in [-0.15, -0.1) is 11.3 Å². The minimum absolute atomic E-state index is 0.208. The van der Waals surface area contributed by atoms with Crippen LogP contribution in [-0.2, 0) is 22.4 Å². The highest BCUT2D eigenvalue weighted by molar-refractivity contribution is 7.17. The summed E-state index contributed by atoms with van der Waals surface area (Å²) in [6, 6.07) is 7.61. The van der Waals surface area contributed by atoms with Gasteiger partial charge in [-0.1, -0.05) is 25.1 Å². The van der Waals surface area contributed by atoms with Crippen molar-refractivity contribution in [1.82, 2.24) is 0 Å². The van der Waals surface area contributed by atoms with E-state index in [-0.39, 0.29) is 18.5 Å². The maximum absolute atomic E-state index is 12.9. The van der Waals surface area contributed by atoms with Gasteiger partial charge in [0.15, 0.2) is 0 Å². The van der Waals surface area contributed by atoms with E-state index < -0.39 is 0 Å².